The van der Waals surface area contributed by atoms with Crippen LogP contribution in [0.1, 0.15) is 11.4 Å². The van der Waals surface area contributed by atoms with E-state index in [4.69, 9.17) is 5.73 Å². The second-order valence-corrected chi connectivity index (χ2v) is 6.23. The number of nitrogens with two attached hydrogens (primary N) is 1. The van der Waals surface area contributed by atoms with E-state index in [1.54, 1.807) is 0 Å². The molecule has 11 heteroatoms. The minimum absolute atomic E-state index is 0.00232. The fraction of sp³-hybridized carbons (Fsp3) is 0.294. The first-order chi connectivity index (χ1) is 13.0. The van der Waals surface area contributed by atoms with Crippen LogP contribution in [0.3, 0.4) is 0 Å². The maximum atomic E-state index is 12.9. The number of H-pyrrole nitrogens is 1. The molecule has 3 N–H and O–H groups in total. The molecule has 3 aromatic rings. The number of halogens is 6. The average Bonchev–Trinajstić information content (AvgIpc) is 2.98. The molecule has 150 valence electrons. The van der Waals surface area contributed by atoms with Crippen molar-refractivity contribution in [1.29, 1.82) is 0 Å². The lowest BCUT2D eigenvalue weighted by molar-refractivity contribution is -0.283. The average molecular weight is 404 g/mol. The minimum Gasteiger partial charge on any atom is -0.394 e. The SMILES string of the molecule is Nc1cccn(Cc2nc3c(CC(C(F)(F)F)C(F)(F)F)cccc3[nH]2)c1=O. The molecule has 0 aliphatic rings. The third-order valence-electron chi connectivity index (χ3n) is 4.23. The van der Waals surface area contributed by atoms with Crippen molar-refractivity contribution in [1.82, 2.24) is 14.5 Å². The summed E-state index contributed by atoms with van der Waals surface area (Å²) in [5.41, 5.74) is 5.11. The number of aromatic amines is 1. The normalized spacial score (nSPS) is 12.8. The van der Waals surface area contributed by atoms with Gasteiger partial charge in [-0.25, -0.2) is 4.98 Å². The first-order valence-electron chi connectivity index (χ1n) is 8.01. The van der Waals surface area contributed by atoms with Crippen LogP contribution in [-0.2, 0) is 13.0 Å². The Balaban J connectivity index is 1.98. The van der Waals surface area contributed by atoms with E-state index in [9.17, 15) is 31.1 Å². The Morgan fingerprint density at radius 2 is 1.75 bits per heavy atom. The van der Waals surface area contributed by atoms with Gasteiger partial charge in [0.2, 0.25) is 0 Å². The van der Waals surface area contributed by atoms with Gasteiger partial charge in [0.25, 0.3) is 5.56 Å². The Morgan fingerprint density at radius 3 is 2.39 bits per heavy atom. The van der Waals surface area contributed by atoms with Crippen molar-refractivity contribution in [2.24, 2.45) is 5.92 Å². The number of hydrogen-bond acceptors (Lipinski definition) is 3. The highest BCUT2D eigenvalue weighted by atomic mass is 19.4. The van der Waals surface area contributed by atoms with Crippen molar-refractivity contribution in [3.8, 4) is 0 Å². The molecule has 2 aromatic heterocycles. The fourth-order valence-corrected chi connectivity index (χ4v) is 2.86. The molecule has 5 nitrogen and oxygen atoms in total. The largest absolute Gasteiger partial charge is 0.400 e. The summed E-state index contributed by atoms with van der Waals surface area (Å²) in [6.07, 6.45) is -10.7. The summed E-state index contributed by atoms with van der Waals surface area (Å²) >= 11 is 0. The van der Waals surface area contributed by atoms with E-state index in [0.717, 1.165) is 0 Å². The Kier molecular flexibility index (Phi) is 4.86. The van der Waals surface area contributed by atoms with E-state index in [1.807, 2.05) is 0 Å². The van der Waals surface area contributed by atoms with E-state index in [0.29, 0.717) is 0 Å². The second kappa shape index (κ2) is 6.88. The van der Waals surface area contributed by atoms with E-state index < -0.39 is 30.3 Å². The molecule has 0 saturated carbocycles. The smallest absolute Gasteiger partial charge is 0.394 e. The lowest BCUT2D eigenvalue weighted by Crippen LogP contribution is -2.38. The number of anilines is 1. The lowest BCUT2D eigenvalue weighted by atomic mass is 9.97. The molecular formula is C17H14F6N4O. The molecule has 0 amide bonds. The number of rotatable bonds is 4. The van der Waals surface area contributed by atoms with Crippen molar-refractivity contribution in [3.63, 3.8) is 0 Å². The zero-order valence-electron chi connectivity index (χ0n) is 14.1. The van der Waals surface area contributed by atoms with Crippen LogP contribution in [0.25, 0.3) is 11.0 Å². The molecule has 0 atom stereocenters. The van der Waals surface area contributed by atoms with Gasteiger partial charge in [0.1, 0.15) is 5.82 Å². The Morgan fingerprint density at radius 1 is 1.07 bits per heavy atom. The summed E-state index contributed by atoms with van der Waals surface area (Å²) < 4.78 is 78.5. The number of aromatic nitrogens is 3. The molecule has 0 radical (unpaired) electrons. The van der Waals surface area contributed by atoms with Crippen LogP contribution in [-0.4, -0.2) is 26.9 Å². The van der Waals surface area contributed by atoms with Crippen LogP contribution in [0.15, 0.2) is 41.3 Å². The highest BCUT2D eigenvalue weighted by Gasteiger charge is 2.56. The summed E-state index contributed by atoms with van der Waals surface area (Å²) in [5.74, 6) is -3.30. The minimum atomic E-state index is -5.44. The van der Waals surface area contributed by atoms with Gasteiger partial charge in [0.05, 0.1) is 23.3 Å². The molecule has 0 unspecified atom stereocenters. The predicted molar refractivity (Wildman–Crippen MR) is 89.6 cm³/mol. The summed E-state index contributed by atoms with van der Waals surface area (Å²) in [6, 6.07) is 6.93. The number of nitrogens with zero attached hydrogens (tertiary/aromatic N) is 2. The quantitative estimate of drug-likeness (QED) is 0.652. The Labute approximate surface area is 153 Å². The zero-order valence-corrected chi connectivity index (χ0v) is 14.1. The van der Waals surface area contributed by atoms with Crippen molar-refractivity contribution < 1.29 is 26.3 Å². The van der Waals surface area contributed by atoms with E-state index in [1.165, 1.54) is 41.1 Å². The molecule has 3 rings (SSSR count). The maximum absolute atomic E-state index is 12.9. The highest BCUT2D eigenvalue weighted by Crippen LogP contribution is 2.41. The topological polar surface area (TPSA) is 76.7 Å². The van der Waals surface area contributed by atoms with Crippen LogP contribution in [0, 0.1) is 5.92 Å². The zero-order chi connectivity index (χ0) is 20.7. The first-order valence-corrected chi connectivity index (χ1v) is 8.01. The summed E-state index contributed by atoms with van der Waals surface area (Å²) in [7, 11) is 0. The molecule has 0 saturated heterocycles. The second-order valence-electron chi connectivity index (χ2n) is 6.23. The van der Waals surface area contributed by atoms with E-state index in [-0.39, 0.29) is 34.7 Å². The van der Waals surface area contributed by atoms with Crippen LogP contribution in [0.5, 0.6) is 0 Å². The number of hydrogen-bond donors (Lipinski definition) is 2. The Hall–Kier alpha value is -2.98. The van der Waals surface area contributed by atoms with Gasteiger partial charge in [0, 0.05) is 6.20 Å². The molecule has 2 heterocycles. The molecule has 0 spiro atoms. The maximum Gasteiger partial charge on any atom is 0.400 e. The van der Waals surface area contributed by atoms with Crippen LogP contribution >= 0.6 is 0 Å². The van der Waals surface area contributed by atoms with Gasteiger partial charge in [0.15, 0.2) is 5.92 Å². The monoisotopic (exact) mass is 404 g/mol. The third-order valence-corrected chi connectivity index (χ3v) is 4.23. The Bertz CT molecular complexity index is 1040. The van der Waals surface area contributed by atoms with Crippen molar-refractivity contribution in [2.75, 3.05) is 5.73 Å². The van der Waals surface area contributed by atoms with Gasteiger partial charge in [-0.2, -0.15) is 26.3 Å². The number of nitrogen functional groups attached to an aromatic ring is 1. The van der Waals surface area contributed by atoms with Crippen LogP contribution in [0.2, 0.25) is 0 Å². The molecule has 0 bridgehead atoms. The standard InChI is InChI=1S/C17H14F6N4O/c18-16(19,20)12(17(21,22)23)7-9-3-1-5-11-14(9)26-13(25-11)8-27-6-2-4-10(24)15(27)28/h1-6,12H,7-8,24H2,(H,25,26). The molecule has 1 aromatic carbocycles. The molecule has 0 fully saturated rings. The van der Waals surface area contributed by atoms with Gasteiger partial charge < -0.3 is 15.3 Å². The molecular weight excluding hydrogens is 390 g/mol. The van der Waals surface area contributed by atoms with E-state index >= 15 is 0 Å². The van der Waals surface area contributed by atoms with Gasteiger partial charge in [-0.05, 0) is 30.2 Å². The van der Waals surface area contributed by atoms with Crippen molar-refractivity contribution >= 4 is 16.7 Å². The summed E-state index contributed by atoms with van der Waals surface area (Å²) in [5, 5.41) is 0. The summed E-state index contributed by atoms with van der Waals surface area (Å²) in [6.45, 7) is -0.0695. The fourth-order valence-electron chi connectivity index (χ4n) is 2.86. The van der Waals surface area contributed by atoms with Gasteiger partial charge >= 0.3 is 12.4 Å². The number of benzene rings is 1. The van der Waals surface area contributed by atoms with Gasteiger partial charge in [-0.15, -0.1) is 0 Å². The molecule has 28 heavy (non-hydrogen) atoms. The van der Waals surface area contributed by atoms with Crippen LogP contribution < -0.4 is 11.3 Å². The number of alkyl halides is 6. The predicted octanol–water partition coefficient (Wildman–Crippen LogP) is 3.64. The number of pyridine rings is 1. The van der Waals surface area contributed by atoms with Gasteiger partial charge in [-0.3, -0.25) is 4.79 Å². The van der Waals surface area contributed by atoms with E-state index in [2.05, 4.69) is 9.97 Å². The molecule has 0 aliphatic carbocycles. The van der Waals surface area contributed by atoms with Crippen LogP contribution in [0.4, 0.5) is 32.0 Å². The number of para-hydroxylation sites is 1. The number of nitrogens with one attached hydrogen (secondary N) is 1. The highest BCUT2D eigenvalue weighted by molar-refractivity contribution is 5.78. The summed E-state index contributed by atoms with van der Waals surface area (Å²) in [4.78, 5) is 18.9. The third kappa shape index (κ3) is 3.97. The first kappa shape index (κ1) is 19.8. The number of imidazole rings is 1. The van der Waals surface area contributed by atoms with Gasteiger partial charge in [-0.1, -0.05) is 12.1 Å². The van der Waals surface area contributed by atoms with Crippen molar-refractivity contribution in [2.45, 2.75) is 25.3 Å². The lowest BCUT2D eigenvalue weighted by Gasteiger charge is -2.23. The van der Waals surface area contributed by atoms with Crippen molar-refractivity contribution in [3.05, 3.63) is 58.3 Å². The number of fused-ring (bicyclic) bond motifs is 1. The molecule has 0 aliphatic heterocycles.